The predicted molar refractivity (Wildman–Crippen MR) is 91.8 cm³/mol. The second kappa shape index (κ2) is 7.43. The third-order valence-corrected chi connectivity index (χ3v) is 4.31. The molecule has 1 aromatic heterocycles. The maximum Gasteiger partial charge on any atom is 0.0596 e. The topological polar surface area (TPSA) is 29.9 Å². The Morgan fingerprint density at radius 3 is 2.71 bits per heavy atom. The highest BCUT2D eigenvalue weighted by atomic mass is 79.9. The van der Waals surface area contributed by atoms with Gasteiger partial charge in [-0.05, 0) is 43.7 Å². The number of hydrogen-bond donors (Lipinski definition) is 1. The van der Waals surface area contributed by atoms with Crippen LogP contribution < -0.4 is 5.32 Å². The molecule has 1 unspecified atom stereocenters. The van der Waals surface area contributed by atoms with Crippen LogP contribution in [0, 0.1) is 6.92 Å². The molecule has 0 aliphatic heterocycles. The molecule has 0 aliphatic carbocycles. The average Bonchev–Trinajstić information content (AvgIpc) is 2.73. The van der Waals surface area contributed by atoms with E-state index in [1.165, 1.54) is 5.69 Å². The molecule has 2 aromatic rings. The Morgan fingerprint density at radius 1 is 1.38 bits per heavy atom. The molecule has 0 fully saturated rings. The molecular weight excluding hydrogens is 350 g/mol. The van der Waals surface area contributed by atoms with Gasteiger partial charge in [-0.1, -0.05) is 40.5 Å². The smallest absolute Gasteiger partial charge is 0.0596 e. The van der Waals surface area contributed by atoms with Gasteiger partial charge in [-0.3, -0.25) is 4.68 Å². The van der Waals surface area contributed by atoms with Gasteiger partial charge in [0.2, 0.25) is 0 Å². The molecule has 0 saturated carbocycles. The number of aryl methyl sites for hydroxylation is 2. The lowest BCUT2D eigenvalue weighted by molar-refractivity contribution is 0.512. The van der Waals surface area contributed by atoms with E-state index in [0.29, 0.717) is 0 Å². The van der Waals surface area contributed by atoms with Crippen LogP contribution in [-0.4, -0.2) is 16.3 Å². The van der Waals surface area contributed by atoms with Gasteiger partial charge in [-0.2, -0.15) is 5.10 Å². The Morgan fingerprint density at radius 2 is 2.14 bits per heavy atom. The number of nitrogens with zero attached hydrogens (tertiary/aromatic N) is 2. The molecule has 2 rings (SSSR count). The summed E-state index contributed by atoms with van der Waals surface area (Å²) in [7, 11) is 1.99. The molecule has 114 valence electrons. The third-order valence-electron chi connectivity index (χ3n) is 3.49. The number of halogens is 2. The van der Waals surface area contributed by atoms with Gasteiger partial charge >= 0.3 is 0 Å². The van der Waals surface area contributed by atoms with E-state index in [1.54, 1.807) is 0 Å². The Bertz CT molecular complexity index is 610. The summed E-state index contributed by atoms with van der Waals surface area (Å²) < 4.78 is 2.95. The maximum atomic E-state index is 6.42. The molecule has 0 saturated heterocycles. The van der Waals surface area contributed by atoms with Gasteiger partial charge in [0.25, 0.3) is 0 Å². The van der Waals surface area contributed by atoms with Crippen LogP contribution in [0.3, 0.4) is 0 Å². The fraction of sp³-hybridized carbons (Fsp3) is 0.438. The molecule has 21 heavy (non-hydrogen) atoms. The number of rotatable bonds is 6. The second-order valence-electron chi connectivity index (χ2n) is 5.28. The zero-order chi connectivity index (χ0) is 15.4. The minimum absolute atomic E-state index is 0.195. The number of nitrogens with one attached hydrogen (secondary N) is 1. The molecule has 1 atom stereocenters. The molecule has 1 aromatic carbocycles. The summed E-state index contributed by atoms with van der Waals surface area (Å²) >= 11 is 9.88. The van der Waals surface area contributed by atoms with Crippen molar-refractivity contribution in [3.05, 3.63) is 50.7 Å². The first-order chi connectivity index (χ1) is 10.0. The number of aromatic nitrogens is 2. The van der Waals surface area contributed by atoms with Crippen LogP contribution in [-0.2, 0) is 13.5 Å². The van der Waals surface area contributed by atoms with Gasteiger partial charge in [0, 0.05) is 34.7 Å². The lowest BCUT2D eigenvalue weighted by atomic mass is 10.0. The van der Waals surface area contributed by atoms with Crippen molar-refractivity contribution in [2.45, 2.75) is 32.7 Å². The molecule has 0 spiro atoms. The first-order valence-electron chi connectivity index (χ1n) is 7.19. The summed E-state index contributed by atoms with van der Waals surface area (Å²) in [4.78, 5) is 0. The van der Waals surface area contributed by atoms with Crippen LogP contribution >= 0.6 is 27.5 Å². The van der Waals surface area contributed by atoms with Crippen molar-refractivity contribution in [2.75, 3.05) is 6.54 Å². The van der Waals surface area contributed by atoms with E-state index in [4.69, 9.17) is 11.6 Å². The van der Waals surface area contributed by atoms with Crippen molar-refractivity contribution >= 4 is 27.5 Å². The molecule has 0 aliphatic rings. The van der Waals surface area contributed by atoms with Gasteiger partial charge in [0.1, 0.15) is 0 Å². The standard InChI is InChI=1S/C16H21BrClN3/c1-4-7-19-16(10-13-8-11(2)20-21(13)3)14-6-5-12(17)9-15(14)18/h5-6,8-9,16,19H,4,7,10H2,1-3H3. The largest absolute Gasteiger partial charge is 0.310 e. The van der Waals surface area contributed by atoms with E-state index in [0.717, 1.165) is 40.1 Å². The molecule has 5 heteroatoms. The van der Waals surface area contributed by atoms with Crippen molar-refractivity contribution in [3.63, 3.8) is 0 Å². The van der Waals surface area contributed by atoms with Gasteiger partial charge in [0.15, 0.2) is 0 Å². The monoisotopic (exact) mass is 369 g/mol. The maximum absolute atomic E-state index is 6.42. The van der Waals surface area contributed by atoms with E-state index < -0.39 is 0 Å². The van der Waals surface area contributed by atoms with E-state index in [2.05, 4.69) is 45.4 Å². The highest BCUT2D eigenvalue weighted by molar-refractivity contribution is 9.10. The van der Waals surface area contributed by atoms with Crippen molar-refractivity contribution < 1.29 is 0 Å². The molecular formula is C16H21BrClN3. The molecule has 0 radical (unpaired) electrons. The Balaban J connectivity index is 2.27. The van der Waals surface area contributed by atoms with Crippen molar-refractivity contribution in [1.29, 1.82) is 0 Å². The fourth-order valence-electron chi connectivity index (χ4n) is 2.46. The second-order valence-corrected chi connectivity index (χ2v) is 6.60. The van der Waals surface area contributed by atoms with Crippen molar-refractivity contribution in [2.24, 2.45) is 7.05 Å². The lowest BCUT2D eigenvalue weighted by Gasteiger charge is -2.20. The lowest BCUT2D eigenvalue weighted by Crippen LogP contribution is -2.25. The van der Waals surface area contributed by atoms with Crippen LogP contribution in [0.15, 0.2) is 28.7 Å². The number of benzene rings is 1. The van der Waals surface area contributed by atoms with Crippen LogP contribution in [0.1, 0.15) is 36.3 Å². The molecule has 0 amide bonds. The van der Waals surface area contributed by atoms with E-state index in [1.807, 2.05) is 30.8 Å². The quantitative estimate of drug-likeness (QED) is 0.815. The highest BCUT2D eigenvalue weighted by Crippen LogP contribution is 2.28. The van der Waals surface area contributed by atoms with Crippen molar-refractivity contribution in [3.8, 4) is 0 Å². The SMILES string of the molecule is CCCNC(Cc1cc(C)nn1C)c1ccc(Br)cc1Cl. The number of hydrogen-bond acceptors (Lipinski definition) is 2. The molecule has 1 N–H and O–H groups in total. The van der Waals surface area contributed by atoms with Crippen LogP contribution in [0.25, 0.3) is 0 Å². The van der Waals surface area contributed by atoms with E-state index in [9.17, 15) is 0 Å². The Hall–Kier alpha value is -0.840. The highest BCUT2D eigenvalue weighted by Gasteiger charge is 2.17. The molecule has 1 heterocycles. The van der Waals surface area contributed by atoms with Crippen LogP contribution in [0.4, 0.5) is 0 Å². The third kappa shape index (κ3) is 4.31. The first kappa shape index (κ1) is 16.5. The van der Waals surface area contributed by atoms with Gasteiger partial charge < -0.3 is 5.32 Å². The summed E-state index contributed by atoms with van der Waals surface area (Å²) in [5.74, 6) is 0. The summed E-state index contributed by atoms with van der Waals surface area (Å²) in [6.07, 6.45) is 1.97. The van der Waals surface area contributed by atoms with Gasteiger partial charge in [0.05, 0.1) is 5.69 Å². The summed E-state index contributed by atoms with van der Waals surface area (Å²) in [5, 5.41) is 8.80. The minimum Gasteiger partial charge on any atom is -0.310 e. The molecule has 0 bridgehead atoms. The Kier molecular flexibility index (Phi) is 5.85. The summed E-state index contributed by atoms with van der Waals surface area (Å²) in [5.41, 5.74) is 3.39. The zero-order valence-corrected chi connectivity index (χ0v) is 15.0. The van der Waals surface area contributed by atoms with Crippen molar-refractivity contribution in [1.82, 2.24) is 15.1 Å². The first-order valence-corrected chi connectivity index (χ1v) is 8.36. The van der Waals surface area contributed by atoms with E-state index in [-0.39, 0.29) is 6.04 Å². The Labute approximate surface area is 139 Å². The zero-order valence-electron chi connectivity index (χ0n) is 12.7. The van der Waals surface area contributed by atoms with Crippen LogP contribution in [0.5, 0.6) is 0 Å². The van der Waals surface area contributed by atoms with Gasteiger partial charge in [-0.15, -0.1) is 0 Å². The van der Waals surface area contributed by atoms with Crippen LogP contribution in [0.2, 0.25) is 5.02 Å². The minimum atomic E-state index is 0.195. The van der Waals surface area contributed by atoms with E-state index >= 15 is 0 Å². The summed E-state index contributed by atoms with van der Waals surface area (Å²) in [6, 6.07) is 8.40. The molecule has 3 nitrogen and oxygen atoms in total. The normalized spacial score (nSPS) is 12.6. The predicted octanol–water partition coefficient (Wildman–Crippen LogP) is 4.43. The van der Waals surface area contributed by atoms with Gasteiger partial charge in [-0.25, -0.2) is 0 Å². The fourth-order valence-corrected chi connectivity index (χ4v) is 3.26. The average molecular weight is 371 g/mol. The summed E-state index contributed by atoms with van der Waals surface area (Å²) in [6.45, 7) is 5.15.